The molecule has 0 saturated heterocycles. The highest BCUT2D eigenvalue weighted by atomic mass is 16.1. The van der Waals surface area contributed by atoms with Crippen molar-refractivity contribution in [1.29, 1.82) is 0 Å². The first-order chi connectivity index (χ1) is 7.13. The number of benzene rings is 1. The molecule has 0 aliphatic rings. The Bertz CT molecular complexity index is 326. The second kappa shape index (κ2) is 5.69. The average Bonchev–Trinajstić information content (AvgIpc) is 2.17. The summed E-state index contributed by atoms with van der Waals surface area (Å²) in [4.78, 5) is 11.7. The molecule has 0 atom stereocenters. The van der Waals surface area contributed by atoms with Crippen LogP contribution >= 0.6 is 0 Å². The lowest BCUT2D eigenvalue weighted by atomic mass is 9.98. The van der Waals surface area contributed by atoms with Crippen LogP contribution in [0.15, 0.2) is 24.3 Å². The molecule has 0 bridgehead atoms. The third-order valence-corrected chi connectivity index (χ3v) is 2.37. The Balaban J connectivity index is 2.78. The number of ketones is 1. The van der Waals surface area contributed by atoms with Gasteiger partial charge >= 0.3 is 0 Å². The highest BCUT2D eigenvalue weighted by molar-refractivity contribution is 5.96. The van der Waals surface area contributed by atoms with Crippen LogP contribution in [-0.2, 0) is 6.42 Å². The summed E-state index contributed by atoms with van der Waals surface area (Å²) in [6, 6.07) is 8.04. The molecule has 0 aromatic heterocycles. The van der Waals surface area contributed by atoms with Gasteiger partial charge in [0.15, 0.2) is 5.78 Å². The lowest BCUT2D eigenvalue weighted by Gasteiger charge is -2.06. The number of carbonyl (C=O) groups excluding carboxylic acids is 1. The van der Waals surface area contributed by atoms with Crippen LogP contribution in [0.25, 0.3) is 0 Å². The molecule has 0 fully saturated rings. The van der Waals surface area contributed by atoms with Crippen molar-refractivity contribution in [3.8, 4) is 0 Å². The van der Waals surface area contributed by atoms with Gasteiger partial charge in [-0.05, 0) is 30.4 Å². The summed E-state index contributed by atoms with van der Waals surface area (Å²) in [7, 11) is 0. The zero-order chi connectivity index (χ0) is 11.3. The van der Waals surface area contributed by atoms with Crippen LogP contribution in [0.5, 0.6) is 0 Å². The van der Waals surface area contributed by atoms with E-state index in [1.807, 2.05) is 25.1 Å². The predicted octanol–water partition coefficient (Wildman–Crippen LogP) is 3.87. The van der Waals surface area contributed by atoms with Crippen LogP contribution in [-0.4, -0.2) is 5.78 Å². The molecule has 0 heterocycles. The van der Waals surface area contributed by atoms with E-state index in [9.17, 15) is 4.79 Å². The summed E-state index contributed by atoms with van der Waals surface area (Å²) >= 11 is 0. The number of hydrogen-bond acceptors (Lipinski definition) is 1. The number of Topliss-reactive ketones (excluding diaryl/α,β-unsaturated/α-hetero) is 1. The van der Waals surface area contributed by atoms with Crippen molar-refractivity contribution in [2.45, 2.75) is 40.0 Å². The fourth-order valence-electron chi connectivity index (χ4n) is 1.71. The Morgan fingerprint density at radius 3 is 2.67 bits per heavy atom. The van der Waals surface area contributed by atoms with Crippen LogP contribution < -0.4 is 0 Å². The van der Waals surface area contributed by atoms with Crippen LogP contribution in [0.3, 0.4) is 0 Å². The molecule has 0 unspecified atom stereocenters. The maximum absolute atomic E-state index is 11.7. The Morgan fingerprint density at radius 1 is 1.33 bits per heavy atom. The summed E-state index contributed by atoms with van der Waals surface area (Å²) < 4.78 is 0. The minimum absolute atomic E-state index is 0.267. The highest BCUT2D eigenvalue weighted by Crippen LogP contribution is 2.12. The molecule has 1 aromatic carbocycles. The predicted molar refractivity (Wildman–Crippen MR) is 64.2 cm³/mol. The van der Waals surface area contributed by atoms with Crippen molar-refractivity contribution in [2.75, 3.05) is 0 Å². The molecule has 15 heavy (non-hydrogen) atoms. The summed E-state index contributed by atoms with van der Waals surface area (Å²) in [5, 5.41) is 0. The van der Waals surface area contributed by atoms with E-state index in [0.717, 1.165) is 18.4 Å². The molecule has 0 saturated carbocycles. The average molecular weight is 204 g/mol. The number of rotatable bonds is 5. The van der Waals surface area contributed by atoms with Gasteiger partial charge in [0.05, 0.1) is 0 Å². The van der Waals surface area contributed by atoms with E-state index in [1.54, 1.807) is 0 Å². The van der Waals surface area contributed by atoms with Gasteiger partial charge in [0, 0.05) is 12.0 Å². The zero-order valence-corrected chi connectivity index (χ0v) is 9.92. The topological polar surface area (TPSA) is 17.1 Å². The molecule has 1 nitrogen and oxygen atoms in total. The first kappa shape index (κ1) is 12.0. The largest absolute Gasteiger partial charge is 0.294 e. The number of carbonyl (C=O) groups is 1. The lowest BCUT2D eigenvalue weighted by Crippen LogP contribution is -2.00. The van der Waals surface area contributed by atoms with Crippen molar-refractivity contribution in [1.82, 2.24) is 0 Å². The first-order valence-corrected chi connectivity index (χ1v) is 5.75. The SMILES string of the molecule is CCCC(=O)c1cccc(CC(C)C)c1. The quantitative estimate of drug-likeness (QED) is 0.665. The van der Waals surface area contributed by atoms with E-state index >= 15 is 0 Å². The monoisotopic (exact) mass is 204 g/mol. The van der Waals surface area contributed by atoms with E-state index in [1.165, 1.54) is 5.56 Å². The van der Waals surface area contributed by atoms with Crippen LogP contribution in [0.4, 0.5) is 0 Å². The number of hydrogen-bond donors (Lipinski definition) is 0. The third kappa shape index (κ3) is 3.86. The van der Waals surface area contributed by atoms with Crippen molar-refractivity contribution < 1.29 is 4.79 Å². The van der Waals surface area contributed by atoms with Gasteiger partial charge < -0.3 is 0 Å². The van der Waals surface area contributed by atoms with Gasteiger partial charge in [0.2, 0.25) is 0 Å². The maximum Gasteiger partial charge on any atom is 0.162 e. The second-order valence-corrected chi connectivity index (χ2v) is 4.47. The van der Waals surface area contributed by atoms with Crippen molar-refractivity contribution in [3.63, 3.8) is 0 Å². The fraction of sp³-hybridized carbons (Fsp3) is 0.500. The fourth-order valence-corrected chi connectivity index (χ4v) is 1.71. The van der Waals surface area contributed by atoms with Gasteiger partial charge in [-0.15, -0.1) is 0 Å². The Kier molecular flexibility index (Phi) is 4.54. The van der Waals surface area contributed by atoms with Crippen molar-refractivity contribution in [3.05, 3.63) is 35.4 Å². The van der Waals surface area contributed by atoms with Crippen LogP contribution in [0.1, 0.15) is 49.5 Å². The van der Waals surface area contributed by atoms with Gasteiger partial charge in [-0.1, -0.05) is 39.0 Å². The van der Waals surface area contributed by atoms with Gasteiger partial charge in [0.25, 0.3) is 0 Å². The normalized spacial score (nSPS) is 10.7. The zero-order valence-electron chi connectivity index (χ0n) is 9.92. The van der Waals surface area contributed by atoms with Gasteiger partial charge in [-0.25, -0.2) is 0 Å². The molecule has 0 N–H and O–H groups in total. The smallest absolute Gasteiger partial charge is 0.162 e. The van der Waals surface area contributed by atoms with Gasteiger partial charge in [0.1, 0.15) is 0 Å². The van der Waals surface area contributed by atoms with Crippen molar-refractivity contribution in [2.24, 2.45) is 5.92 Å². The summed E-state index contributed by atoms with van der Waals surface area (Å²) in [5.74, 6) is 0.907. The van der Waals surface area contributed by atoms with Crippen LogP contribution in [0.2, 0.25) is 0 Å². The Hall–Kier alpha value is -1.11. The molecule has 1 heteroatoms. The molecule has 0 amide bonds. The third-order valence-electron chi connectivity index (χ3n) is 2.37. The minimum atomic E-state index is 0.267. The lowest BCUT2D eigenvalue weighted by molar-refractivity contribution is 0.0981. The molecule has 0 radical (unpaired) electrons. The summed E-state index contributed by atoms with van der Waals surface area (Å²) in [6.07, 6.45) is 2.63. The molecule has 1 aromatic rings. The van der Waals surface area contributed by atoms with E-state index in [4.69, 9.17) is 0 Å². The molecular weight excluding hydrogens is 184 g/mol. The van der Waals surface area contributed by atoms with Gasteiger partial charge in [-0.3, -0.25) is 4.79 Å². The van der Waals surface area contributed by atoms with E-state index < -0.39 is 0 Å². The van der Waals surface area contributed by atoms with Crippen LogP contribution in [0, 0.1) is 5.92 Å². The van der Waals surface area contributed by atoms with Gasteiger partial charge in [-0.2, -0.15) is 0 Å². The molecule has 0 aliphatic heterocycles. The Labute approximate surface area is 92.5 Å². The van der Waals surface area contributed by atoms with E-state index in [-0.39, 0.29) is 5.78 Å². The standard InChI is InChI=1S/C14H20O/c1-4-6-14(15)13-8-5-7-12(10-13)9-11(2)3/h5,7-8,10-11H,4,6,9H2,1-3H3. The molecule has 82 valence electrons. The van der Waals surface area contributed by atoms with E-state index in [2.05, 4.69) is 19.9 Å². The maximum atomic E-state index is 11.7. The van der Waals surface area contributed by atoms with Crippen molar-refractivity contribution >= 4 is 5.78 Å². The molecule has 1 rings (SSSR count). The highest BCUT2D eigenvalue weighted by Gasteiger charge is 2.05. The molecular formula is C14H20O. The second-order valence-electron chi connectivity index (χ2n) is 4.47. The van der Waals surface area contributed by atoms with E-state index in [0.29, 0.717) is 12.3 Å². The summed E-state index contributed by atoms with van der Waals surface area (Å²) in [5.41, 5.74) is 2.14. The minimum Gasteiger partial charge on any atom is -0.294 e. The Morgan fingerprint density at radius 2 is 2.07 bits per heavy atom. The first-order valence-electron chi connectivity index (χ1n) is 5.75. The summed E-state index contributed by atoms with van der Waals surface area (Å²) in [6.45, 7) is 6.43. The molecule has 0 spiro atoms. The molecule has 0 aliphatic carbocycles.